The van der Waals surface area contributed by atoms with Crippen molar-refractivity contribution in [3.05, 3.63) is 218 Å². The van der Waals surface area contributed by atoms with Gasteiger partial charge in [0.05, 0.1) is 0 Å². The molecule has 3 heteroatoms. The summed E-state index contributed by atoms with van der Waals surface area (Å²) in [6, 6.07) is 77.2. The third-order valence-corrected chi connectivity index (χ3v) is 10.5. The smallest absolute Gasteiger partial charge is 0.227 e. The SMILES string of the molecule is c1ccc(-c2ccc(N(c3ccc(-c4ccccc4)cc3)c3ccc(-c4ccc(-c5ccc6ccc7oc(-c8ccccc8)nc7c6c5)cc4)cc3)cc2)cc1. The quantitative estimate of drug-likeness (QED) is 0.157. The first kappa shape index (κ1) is 33.1. The van der Waals surface area contributed by atoms with E-state index < -0.39 is 0 Å². The second kappa shape index (κ2) is 14.4. The highest BCUT2D eigenvalue weighted by Crippen LogP contribution is 2.38. The summed E-state index contributed by atoms with van der Waals surface area (Å²) in [5.74, 6) is 0.638. The number of fused-ring (bicyclic) bond motifs is 3. The van der Waals surface area contributed by atoms with Crippen molar-refractivity contribution in [1.29, 1.82) is 0 Å². The van der Waals surface area contributed by atoms with Gasteiger partial charge < -0.3 is 9.32 Å². The van der Waals surface area contributed by atoms with Crippen LogP contribution in [0.15, 0.2) is 223 Å². The van der Waals surface area contributed by atoms with Crippen LogP contribution in [0.4, 0.5) is 17.1 Å². The Labute approximate surface area is 326 Å². The molecule has 0 N–H and O–H groups in total. The molecule has 56 heavy (non-hydrogen) atoms. The highest BCUT2D eigenvalue weighted by Gasteiger charge is 2.15. The van der Waals surface area contributed by atoms with Gasteiger partial charge in [-0.2, -0.15) is 0 Å². The van der Waals surface area contributed by atoms with Crippen LogP contribution in [-0.2, 0) is 0 Å². The third kappa shape index (κ3) is 6.42. The fourth-order valence-electron chi connectivity index (χ4n) is 7.57. The van der Waals surface area contributed by atoms with Crippen LogP contribution >= 0.6 is 0 Å². The topological polar surface area (TPSA) is 29.3 Å². The lowest BCUT2D eigenvalue weighted by Gasteiger charge is -2.26. The largest absolute Gasteiger partial charge is 0.436 e. The molecule has 0 saturated carbocycles. The molecule has 0 bridgehead atoms. The maximum absolute atomic E-state index is 6.17. The summed E-state index contributed by atoms with van der Waals surface area (Å²) in [7, 11) is 0. The predicted molar refractivity (Wildman–Crippen MR) is 233 cm³/mol. The zero-order valence-corrected chi connectivity index (χ0v) is 30.6. The molecule has 0 fully saturated rings. The van der Waals surface area contributed by atoms with E-state index in [9.17, 15) is 0 Å². The summed E-state index contributed by atoms with van der Waals surface area (Å²) >= 11 is 0. The summed E-state index contributed by atoms with van der Waals surface area (Å²) < 4.78 is 6.17. The van der Waals surface area contributed by atoms with Crippen LogP contribution in [0.5, 0.6) is 0 Å². The lowest BCUT2D eigenvalue weighted by atomic mass is 9.98. The number of anilines is 3. The summed E-state index contributed by atoms with van der Waals surface area (Å²) in [6.45, 7) is 0. The maximum atomic E-state index is 6.17. The Morgan fingerprint density at radius 1 is 0.321 bits per heavy atom. The minimum atomic E-state index is 0.638. The molecule has 9 aromatic carbocycles. The van der Waals surface area contributed by atoms with Crippen LogP contribution in [0.1, 0.15) is 0 Å². The standard InChI is InChI=1S/C53H36N2O/c1-4-10-37(11-5-1)40-22-29-47(30-23-40)55(48-31-24-41(25-32-48)38-12-6-2-7-13-38)49-33-26-42(27-34-49)39-16-18-43(19-17-39)46-21-20-44-28-35-51-52(50(44)36-46)54-53(56-51)45-14-8-3-9-15-45/h1-36H. The molecule has 0 aliphatic heterocycles. The van der Waals surface area contributed by atoms with E-state index in [-0.39, 0.29) is 0 Å². The molecule has 0 aliphatic carbocycles. The molecular formula is C53H36N2O. The Bertz CT molecular complexity index is 2820. The van der Waals surface area contributed by atoms with Crippen LogP contribution in [0.25, 0.3) is 77.8 Å². The summed E-state index contributed by atoms with van der Waals surface area (Å²) in [5.41, 5.74) is 15.4. The van der Waals surface area contributed by atoms with Gasteiger partial charge in [-0.05, 0) is 111 Å². The fraction of sp³-hybridized carbons (Fsp3) is 0. The van der Waals surface area contributed by atoms with Crippen LogP contribution in [0, 0.1) is 0 Å². The van der Waals surface area contributed by atoms with Gasteiger partial charge in [-0.1, -0.05) is 158 Å². The minimum absolute atomic E-state index is 0.638. The molecule has 0 radical (unpaired) electrons. The fourth-order valence-corrected chi connectivity index (χ4v) is 7.57. The first-order valence-electron chi connectivity index (χ1n) is 18.9. The second-order valence-corrected chi connectivity index (χ2v) is 14.0. The van der Waals surface area contributed by atoms with E-state index in [1.54, 1.807) is 0 Å². The van der Waals surface area contributed by atoms with Crippen molar-refractivity contribution >= 4 is 38.9 Å². The predicted octanol–water partition coefficient (Wildman–Crippen LogP) is 14.8. The minimum Gasteiger partial charge on any atom is -0.436 e. The van der Waals surface area contributed by atoms with Crippen LogP contribution in [0.2, 0.25) is 0 Å². The second-order valence-electron chi connectivity index (χ2n) is 14.0. The number of nitrogens with zero attached hydrogens (tertiary/aromatic N) is 2. The molecule has 0 amide bonds. The first-order valence-corrected chi connectivity index (χ1v) is 18.9. The molecule has 0 spiro atoms. The Balaban J connectivity index is 0.947. The van der Waals surface area contributed by atoms with Crippen molar-refractivity contribution in [1.82, 2.24) is 4.98 Å². The van der Waals surface area contributed by atoms with Gasteiger partial charge in [-0.25, -0.2) is 4.98 Å². The molecule has 264 valence electrons. The molecule has 3 nitrogen and oxygen atoms in total. The van der Waals surface area contributed by atoms with Crippen LogP contribution < -0.4 is 4.90 Å². The molecule has 0 atom stereocenters. The van der Waals surface area contributed by atoms with E-state index in [1.165, 1.54) is 27.8 Å². The van der Waals surface area contributed by atoms with Gasteiger partial charge in [0, 0.05) is 28.0 Å². The molecule has 10 rings (SSSR count). The van der Waals surface area contributed by atoms with Crippen molar-refractivity contribution in [2.24, 2.45) is 0 Å². The van der Waals surface area contributed by atoms with Crippen LogP contribution in [-0.4, -0.2) is 4.98 Å². The monoisotopic (exact) mass is 716 g/mol. The van der Waals surface area contributed by atoms with Crippen molar-refractivity contribution in [2.75, 3.05) is 4.90 Å². The van der Waals surface area contributed by atoms with Crippen molar-refractivity contribution in [2.45, 2.75) is 0 Å². The Morgan fingerprint density at radius 3 is 1.14 bits per heavy atom. The van der Waals surface area contributed by atoms with Gasteiger partial charge in [0.1, 0.15) is 5.52 Å². The number of rotatable bonds is 8. The van der Waals surface area contributed by atoms with Gasteiger partial charge in [0.15, 0.2) is 5.58 Å². The Kier molecular flexibility index (Phi) is 8.51. The summed E-state index contributed by atoms with van der Waals surface area (Å²) in [5, 5.41) is 2.22. The molecule has 0 aliphatic rings. The van der Waals surface area contributed by atoms with E-state index in [4.69, 9.17) is 9.40 Å². The third-order valence-electron chi connectivity index (χ3n) is 10.5. The number of oxazole rings is 1. The zero-order chi connectivity index (χ0) is 37.3. The molecule has 10 aromatic rings. The molecule has 1 aromatic heterocycles. The van der Waals surface area contributed by atoms with Crippen molar-refractivity contribution in [3.63, 3.8) is 0 Å². The van der Waals surface area contributed by atoms with E-state index in [2.05, 4.69) is 187 Å². The Hall–Kier alpha value is -7.49. The average Bonchev–Trinajstić information content (AvgIpc) is 3.74. The highest BCUT2D eigenvalue weighted by atomic mass is 16.3. The molecule has 1 heterocycles. The van der Waals surface area contributed by atoms with E-state index >= 15 is 0 Å². The van der Waals surface area contributed by atoms with Gasteiger partial charge in [-0.15, -0.1) is 0 Å². The summed E-state index contributed by atoms with van der Waals surface area (Å²) in [4.78, 5) is 7.24. The maximum Gasteiger partial charge on any atom is 0.227 e. The zero-order valence-electron chi connectivity index (χ0n) is 30.6. The molecule has 0 saturated heterocycles. The number of hydrogen-bond donors (Lipinski definition) is 0. The van der Waals surface area contributed by atoms with E-state index in [1.807, 2.05) is 36.4 Å². The lowest BCUT2D eigenvalue weighted by molar-refractivity contribution is 0.620. The van der Waals surface area contributed by atoms with Crippen LogP contribution in [0.3, 0.4) is 0 Å². The Morgan fingerprint density at radius 2 is 0.679 bits per heavy atom. The van der Waals surface area contributed by atoms with Gasteiger partial charge >= 0.3 is 0 Å². The average molecular weight is 717 g/mol. The van der Waals surface area contributed by atoms with Crippen molar-refractivity contribution in [3.8, 4) is 56.0 Å². The lowest BCUT2D eigenvalue weighted by Crippen LogP contribution is -2.09. The molecular weight excluding hydrogens is 681 g/mol. The van der Waals surface area contributed by atoms with E-state index in [0.29, 0.717) is 5.89 Å². The highest BCUT2D eigenvalue weighted by molar-refractivity contribution is 6.05. The van der Waals surface area contributed by atoms with Gasteiger partial charge in [0.2, 0.25) is 5.89 Å². The van der Waals surface area contributed by atoms with Gasteiger partial charge in [0.25, 0.3) is 0 Å². The number of benzene rings is 9. The number of aromatic nitrogens is 1. The normalized spacial score (nSPS) is 11.2. The van der Waals surface area contributed by atoms with Gasteiger partial charge in [-0.3, -0.25) is 0 Å². The molecule has 0 unspecified atom stereocenters. The summed E-state index contributed by atoms with van der Waals surface area (Å²) in [6.07, 6.45) is 0. The number of hydrogen-bond acceptors (Lipinski definition) is 3. The van der Waals surface area contributed by atoms with Crippen molar-refractivity contribution < 1.29 is 4.42 Å². The first-order chi connectivity index (χ1) is 27.7. The van der Waals surface area contributed by atoms with E-state index in [0.717, 1.165) is 61.2 Å².